The van der Waals surface area contributed by atoms with Crippen LogP contribution in [0.1, 0.15) is 24.1 Å². The van der Waals surface area contributed by atoms with Crippen LogP contribution >= 0.6 is 0 Å². The summed E-state index contributed by atoms with van der Waals surface area (Å²) < 4.78 is 11.8. The van der Waals surface area contributed by atoms with E-state index in [1.807, 2.05) is 24.0 Å². The minimum Gasteiger partial charge on any atom is -0.495 e. The van der Waals surface area contributed by atoms with Crippen LogP contribution in [0.3, 0.4) is 0 Å². The van der Waals surface area contributed by atoms with Crippen molar-refractivity contribution < 1.29 is 14.3 Å². The molecule has 0 aliphatic carbocycles. The van der Waals surface area contributed by atoms with E-state index in [1.54, 1.807) is 20.3 Å². The summed E-state index contributed by atoms with van der Waals surface area (Å²) in [4.78, 5) is 32.0. The molecule has 1 fully saturated rings. The zero-order valence-corrected chi connectivity index (χ0v) is 16.5. The van der Waals surface area contributed by atoms with Gasteiger partial charge in [0.1, 0.15) is 12.3 Å². The van der Waals surface area contributed by atoms with E-state index in [4.69, 9.17) is 9.47 Å². The lowest BCUT2D eigenvalue weighted by Crippen LogP contribution is -2.35. The molecule has 0 bridgehead atoms. The number of aromatic nitrogens is 2. The fourth-order valence-corrected chi connectivity index (χ4v) is 3.32. The Morgan fingerprint density at radius 1 is 1.21 bits per heavy atom. The van der Waals surface area contributed by atoms with E-state index in [0.717, 1.165) is 31.5 Å². The lowest BCUT2D eigenvalue weighted by Gasteiger charge is -2.22. The minimum atomic E-state index is -0.312. The number of nitrogens with one attached hydrogen (secondary N) is 1. The van der Waals surface area contributed by atoms with E-state index in [9.17, 15) is 9.59 Å². The molecule has 2 aromatic rings. The average Bonchev–Trinajstić information content (AvgIpc) is 3.18. The summed E-state index contributed by atoms with van der Waals surface area (Å²) in [5.74, 6) is 0.774. The SMILES string of the molecule is COCc1cc(=O)n(CC(=O)Nc2cc(C)ccc2OC)c(N2CCCC2)n1. The van der Waals surface area contributed by atoms with Crippen molar-refractivity contribution in [3.63, 3.8) is 0 Å². The second-order valence-corrected chi connectivity index (χ2v) is 6.85. The lowest BCUT2D eigenvalue weighted by molar-refractivity contribution is -0.116. The van der Waals surface area contributed by atoms with Crippen LogP contribution in [0.15, 0.2) is 29.1 Å². The molecule has 0 unspecified atom stereocenters. The maximum absolute atomic E-state index is 12.7. The van der Waals surface area contributed by atoms with Crippen LogP contribution in [-0.4, -0.2) is 42.8 Å². The first-order chi connectivity index (χ1) is 13.5. The Balaban J connectivity index is 1.87. The van der Waals surface area contributed by atoms with E-state index in [0.29, 0.717) is 23.1 Å². The molecule has 0 radical (unpaired) electrons. The van der Waals surface area contributed by atoms with Crippen molar-refractivity contribution in [1.29, 1.82) is 0 Å². The topological polar surface area (TPSA) is 85.7 Å². The quantitative estimate of drug-likeness (QED) is 0.783. The summed E-state index contributed by atoms with van der Waals surface area (Å²) in [5, 5.41) is 2.84. The first-order valence-corrected chi connectivity index (χ1v) is 9.31. The Kier molecular flexibility index (Phi) is 6.30. The molecular weight excluding hydrogens is 360 g/mol. The fourth-order valence-electron chi connectivity index (χ4n) is 3.32. The van der Waals surface area contributed by atoms with Crippen molar-refractivity contribution in [2.45, 2.75) is 32.9 Å². The third kappa shape index (κ3) is 4.51. The molecule has 2 heterocycles. The number of carbonyl (C=O) groups is 1. The number of rotatable bonds is 7. The molecule has 1 N–H and O–H groups in total. The van der Waals surface area contributed by atoms with Crippen LogP contribution < -0.4 is 20.5 Å². The highest BCUT2D eigenvalue weighted by molar-refractivity contribution is 5.92. The molecule has 1 saturated heterocycles. The zero-order chi connectivity index (χ0) is 20.1. The van der Waals surface area contributed by atoms with E-state index < -0.39 is 0 Å². The number of aryl methyl sites for hydroxylation is 1. The summed E-state index contributed by atoms with van der Waals surface area (Å²) >= 11 is 0. The highest BCUT2D eigenvalue weighted by Gasteiger charge is 2.21. The van der Waals surface area contributed by atoms with Crippen molar-refractivity contribution in [3.05, 3.63) is 45.9 Å². The van der Waals surface area contributed by atoms with Gasteiger partial charge in [0.25, 0.3) is 5.56 Å². The van der Waals surface area contributed by atoms with E-state index in [1.165, 1.54) is 10.6 Å². The third-order valence-electron chi connectivity index (χ3n) is 4.65. The summed E-state index contributed by atoms with van der Waals surface area (Å²) in [5.41, 5.74) is 1.87. The van der Waals surface area contributed by atoms with E-state index in [2.05, 4.69) is 10.3 Å². The number of ether oxygens (including phenoxy) is 2. The van der Waals surface area contributed by atoms with Crippen molar-refractivity contribution in [3.8, 4) is 5.75 Å². The summed E-state index contributed by atoms with van der Waals surface area (Å²) in [6.07, 6.45) is 2.08. The van der Waals surface area contributed by atoms with Crippen molar-refractivity contribution in [2.24, 2.45) is 0 Å². The first kappa shape index (κ1) is 19.9. The second kappa shape index (κ2) is 8.88. The van der Waals surface area contributed by atoms with E-state index in [-0.39, 0.29) is 24.6 Å². The zero-order valence-electron chi connectivity index (χ0n) is 16.5. The van der Waals surface area contributed by atoms with Crippen LogP contribution in [0.25, 0.3) is 0 Å². The Morgan fingerprint density at radius 3 is 2.64 bits per heavy atom. The molecule has 28 heavy (non-hydrogen) atoms. The van der Waals surface area contributed by atoms with Gasteiger partial charge in [-0.3, -0.25) is 14.2 Å². The normalized spacial score (nSPS) is 13.6. The van der Waals surface area contributed by atoms with Gasteiger partial charge >= 0.3 is 0 Å². The monoisotopic (exact) mass is 386 g/mol. The maximum atomic E-state index is 12.7. The number of hydrogen-bond acceptors (Lipinski definition) is 6. The smallest absolute Gasteiger partial charge is 0.255 e. The van der Waals surface area contributed by atoms with Crippen LogP contribution in [0.4, 0.5) is 11.6 Å². The highest BCUT2D eigenvalue weighted by Crippen LogP contribution is 2.25. The standard InChI is InChI=1S/C20H26N4O4/c1-14-6-7-17(28-3)16(10-14)22-18(25)12-24-19(26)11-15(13-27-2)21-20(24)23-8-4-5-9-23/h6-7,10-11H,4-5,8-9,12-13H2,1-3H3,(H,22,25). The predicted molar refractivity (Wildman–Crippen MR) is 107 cm³/mol. The third-order valence-corrected chi connectivity index (χ3v) is 4.65. The summed E-state index contributed by atoms with van der Waals surface area (Å²) in [7, 11) is 3.11. The van der Waals surface area contributed by atoms with Crippen LogP contribution in [-0.2, 0) is 22.7 Å². The van der Waals surface area contributed by atoms with Gasteiger partial charge in [-0.05, 0) is 37.5 Å². The van der Waals surface area contributed by atoms with Gasteiger partial charge in [-0.2, -0.15) is 0 Å². The Hall–Kier alpha value is -2.87. The molecule has 1 aliphatic rings. The molecule has 150 valence electrons. The van der Waals surface area contributed by atoms with Gasteiger partial charge in [0.2, 0.25) is 11.9 Å². The molecule has 1 aromatic carbocycles. The molecule has 8 nitrogen and oxygen atoms in total. The first-order valence-electron chi connectivity index (χ1n) is 9.31. The van der Waals surface area contributed by atoms with Gasteiger partial charge < -0.3 is 19.7 Å². The van der Waals surface area contributed by atoms with Gasteiger partial charge in [-0.15, -0.1) is 0 Å². The van der Waals surface area contributed by atoms with Crippen molar-refractivity contribution >= 4 is 17.5 Å². The predicted octanol–water partition coefficient (Wildman–Crippen LogP) is 1.95. The number of anilines is 2. The molecular formula is C20H26N4O4. The maximum Gasteiger partial charge on any atom is 0.255 e. The largest absolute Gasteiger partial charge is 0.495 e. The summed E-state index contributed by atoms with van der Waals surface area (Å²) in [6, 6.07) is 6.96. The molecule has 3 rings (SSSR count). The molecule has 0 spiro atoms. The Labute approximate surface area is 164 Å². The molecule has 1 aliphatic heterocycles. The number of hydrogen-bond donors (Lipinski definition) is 1. The lowest BCUT2D eigenvalue weighted by atomic mass is 10.2. The summed E-state index contributed by atoms with van der Waals surface area (Å²) in [6.45, 7) is 3.70. The highest BCUT2D eigenvalue weighted by atomic mass is 16.5. The van der Waals surface area contributed by atoms with Crippen LogP contribution in [0.5, 0.6) is 5.75 Å². The molecule has 1 amide bonds. The van der Waals surface area contributed by atoms with Crippen molar-refractivity contribution in [1.82, 2.24) is 9.55 Å². The van der Waals surface area contributed by atoms with Gasteiger partial charge in [0.05, 0.1) is 25.1 Å². The number of nitrogens with zero attached hydrogens (tertiary/aromatic N) is 3. The number of benzene rings is 1. The van der Waals surface area contributed by atoms with Crippen LogP contribution in [0.2, 0.25) is 0 Å². The minimum absolute atomic E-state index is 0.123. The number of carbonyl (C=O) groups excluding carboxylic acids is 1. The molecule has 8 heteroatoms. The van der Waals surface area contributed by atoms with Gasteiger partial charge in [-0.25, -0.2) is 4.98 Å². The second-order valence-electron chi connectivity index (χ2n) is 6.85. The average molecular weight is 386 g/mol. The molecule has 0 atom stereocenters. The van der Waals surface area contributed by atoms with Gasteiger partial charge in [-0.1, -0.05) is 6.07 Å². The van der Waals surface area contributed by atoms with E-state index >= 15 is 0 Å². The van der Waals surface area contributed by atoms with Crippen LogP contribution in [0, 0.1) is 6.92 Å². The van der Waals surface area contributed by atoms with Gasteiger partial charge in [0.15, 0.2) is 0 Å². The van der Waals surface area contributed by atoms with Gasteiger partial charge in [0, 0.05) is 26.3 Å². The Morgan fingerprint density at radius 2 is 1.96 bits per heavy atom. The number of amides is 1. The fraction of sp³-hybridized carbons (Fsp3) is 0.450. The molecule has 0 saturated carbocycles. The number of methoxy groups -OCH3 is 2. The Bertz CT molecular complexity index is 904. The van der Waals surface area contributed by atoms with Crippen molar-refractivity contribution in [2.75, 3.05) is 37.5 Å². The molecule has 1 aromatic heterocycles.